The van der Waals surface area contributed by atoms with Crippen molar-refractivity contribution in [2.45, 2.75) is 32.2 Å². The first kappa shape index (κ1) is 14.1. The molecule has 0 aliphatic carbocycles. The maximum atomic E-state index is 14.1. The van der Waals surface area contributed by atoms with Crippen LogP contribution in [0.1, 0.15) is 26.3 Å². The van der Waals surface area contributed by atoms with E-state index in [2.05, 4.69) is 5.32 Å². The molecule has 3 nitrogen and oxygen atoms in total. The molecule has 0 fully saturated rings. The second kappa shape index (κ2) is 4.96. The van der Waals surface area contributed by atoms with E-state index < -0.39 is 12.5 Å². The highest BCUT2D eigenvalue weighted by atomic mass is 19.3. The van der Waals surface area contributed by atoms with Gasteiger partial charge in [-0.25, -0.2) is 0 Å². The molecule has 2 rings (SSSR count). The molecule has 0 spiro atoms. The first-order chi connectivity index (χ1) is 8.78. The monoisotopic (exact) mass is 271 g/mol. The number of halogens is 2. The fourth-order valence-electron chi connectivity index (χ4n) is 1.75. The Morgan fingerprint density at radius 1 is 1.11 bits per heavy atom. The van der Waals surface area contributed by atoms with E-state index in [4.69, 9.17) is 9.47 Å². The van der Waals surface area contributed by atoms with Crippen LogP contribution in [-0.4, -0.2) is 25.3 Å². The van der Waals surface area contributed by atoms with Crippen molar-refractivity contribution in [3.05, 3.63) is 23.8 Å². The Bertz CT molecular complexity index is 455. The Morgan fingerprint density at radius 2 is 1.74 bits per heavy atom. The highest BCUT2D eigenvalue weighted by Crippen LogP contribution is 2.36. The molecule has 0 saturated heterocycles. The molecule has 0 unspecified atom stereocenters. The molecule has 1 N–H and O–H groups in total. The van der Waals surface area contributed by atoms with Crippen molar-refractivity contribution in [2.24, 2.45) is 0 Å². The summed E-state index contributed by atoms with van der Waals surface area (Å²) in [5, 5.41) is 2.82. The fourth-order valence-corrected chi connectivity index (χ4v) is 1.75. The second-order valence-electron chi connectivity index (χ2n) is 5.67. The molecule has 0 bridgehead atoms. The molecule has 0 atom stereocenters. The van der Waals surface area contributed by atoms with Crippen LogP contribution in [0.5, 0.6) is 11.5 Å². The maximum absolute atomic E-state index is 14.1. The lowest BCUT2D eigenvalue weighted by atomic mass is 10.0. The molecule has 1 heterocycles. The molecule has 19 heavy (non-hydrogen) atoms. The molecule has 1 aromatic carbocycles. The van der Waals surface area contributed by atoms with E-state index in [1.165, 1.54) is 18.2 Å². The third-order valence-electron chi connectivity index (χ3n) is 2.81. The summed E-state index contributed by atoms with van der Waals surface area (Å²) in [7, 11) is 0. The minimum absolute atomic E-state index is 0.0616. The normalized spacial score (nSPS) is 15.4. The largest absolute Gasteiger partial charge is 0.486 e. The summed E-state index contributed by atoms with van der Waals surface area (Å²) < 4.78 is 38.8. The minimum atomic E-state index is -2.94. The number of hydrogen-bond acceptors (Lipinski definition) is 3. The first-order valence-electron chi connectivity index (χ1n) is 6.31. The predicted octanol–water partition coefficient (Wildman–Crippen LogP) is 2.94. The number of rotatable bonds is 3. The van der Waals surface area contributed by atoms with Crippen LogP contribution in [0.2, 0.25) is 0 Å². The summed E-state index contributed by atoms with van der Waals surface area (Å²) in [6.07, 6.45) is 0. The van der Waals surface area contributed by atoms with Crippen molar-refractivity contribution in [1.29, 1.82) is 0 Å². The van der Waals surface area contributed by atoms with Gasteiger partial charge in [0.05, 0.1) is 6.54 Å². The van der Waals surface area contributed by atoms with Crippen molar-refractivity contribution in [3.63, 3.8) is 0 Å². The summed E-state index contributed by atoms with van der Waals surface area (Å²) in [5.41, 5.74) is -0.412. The number of alkyl halides is 2. The zero-order valence-electron chi connectivity index (χ0n) is 11.4. The average molecular weight is 271 g/mol. The zero-order valence-corrected chi connectivity index (χ0v) is 11.4. The lowest BCUT2D eigenvalue weighted by Crippen LogP contribution is -2.42. The van der Waals surface area contributed by atoms with Gasteiger partial charge in [0.2, 0.25) is 0 Å². The highest BCUT2D eigenvalue weighted by molar-refractivity contribution is 5.45. The van der Waals surface area contributed by atoms with Crippen LogP contribution in [0.25, 0.3) is 0 Å². The van der Waals surface area contributed by atoms with Gasteiger partial charge in [0.1, 0.15) is 13.2 Å². The first-order valence-corrected chi connectivity index (χ1v) is 6.31. The van der Waals surface area contributed by atoms with Gasteiger partial charge in [-0.15, -0.1) is 0 Å². The summed E-state index contributed by atoms with van der Waals surface area (Å²) in [5.74, 6) is -2.03. The van der Waals surface area contributed by atoms with E-state index in [1.54, 1.807) is 0 Å². The van der Waals surface area contributed by atoms with Crippen LogP contribution in [-0.2, 0) is 5.92 Å². The van der Waals surface area contributed by atoms with Crippen LogP contribution in [0.15, 0.2) is 18.2 Å². The summed E-state index contributed by atoms with van der Waals surface area (Å²) in [4.78, 5) is 0. The Morgan fingerprint density at radius 3 is 2.37 bits per heavy atom. The molecule has 0 radical (unpaired) electrons. The summed E-state index contributed by atoms with van der Waals surface area (Å²) >= 11 is 0. The molecular formula is C14H19F2NO2. The van der Waals surface area contributed by atoms with Gasteiger partial charge in [0.25, 0.3) is 5.92 Å². The Hall–Kier alpha value is -1.36. The van der Waals surface area contributed by atoms with Gasteiger partial charge in [0.15, 0.2) is 11.5 Å². The predicted molar refractivity (Wildman–Crippen MR) is 69.1 cm³/mol. The van der Waals surface area contributed by atoms with Crippen molar-refractivity contribution < 1.29 is 18.3 Å². The molecule has 0 aromatic heterocycles. The van der Waals surface area contributed by atoms with Crippen LogP contribution in [0.4, 0.5) is 8.78 Å². The van der Waals surface area contributed by atoms with Crippen LogP contribution in [0.3, 0.4) is 0 Å². The molecule has 1 aliphatic heterocycles. The smallest absolute Gasteiger partial charge is 0.285 e. The molecule has 106 valence electrons. The van der Waals surface area contributed by atoms with Crippen LogP contribution < -0.4 is 14.8 Å². The number of nitrogens with one attached hydrogen (secondary N) is 1. The van der Waals surface area contributed by atoms with E-state index >= 15 is 0 Å². The van der Waals surface area contributed by atoms with E-state index in [0.29, 0.717) is 24.7 Å². The molecular weight excluding hydrogens is 252 g/mol. The molecule has 0 amide bonds. The minimum Gasteiger partial charge on any atom is -0.486 e. The van der Waals surface area contributed by atoms with Gasteiger partial charge in [-0.3, -0.25) is 0 Å². The van der Waals surface area contributed by atoms with Crippen molar-refractivity contribution in [2.75, 3.05) is 19.8 Å². The summed E-state index contributed by atoms with van der Waals surface area (Å²) in [6.45, 7) is 6.00. The lowest BCUT2D eigenvalue weighted by Gasteiger charge is -2.26. The van der Waals surface area contributed by atoms with Gasteiger partial charge < -0.3 is 14.8 Å². The Kier molecular flexibility index (Phi) is 3.67. The van der Waals surface area contributed by atoms with Crippen molar-refractivity contribution in [3.8, 4) is 11.5 Å². The van der Waals surface area contributed by atoms with Gasteiger partial charge >= 0.3 is 0 Å². The standard InChI is InChI=1S/C14H19F2NO2/c1-13(2,3)17-9-14(15,16)10-4-5-11-12(8-10)19-7-6-18-11/h4-5,8,17H,6-7,9H2,1-3H3. The van der Waals surface area contributed by atoms with Gasteiger partial charge in [-0.1, -0.05) is 0 Å². The molecule has 5 heteroatoms. The molecule has 1 aliphatic rings. The fraction of sp³-hybridized carbons (Fsp3) is 0.571. The Balaban J connectivity index is 2.15. The topological polar surface area (TPSA) is 30.5 Å². The van der Waals surface area contributed by atoms with E-state index in [1.807, 2.05) is 20.8 Å². The third-order valence-corrected chi connectivity index (χ3v) is 2.81. The van der Waals surface area contributed by atoms with Crippen molar-refractivity contribution in [1.82, 2.24) is 5.32 Å². The molecule has 0 saturated carbocycles. The van der Waals surface area contributed by atoms with Gasteiger partial charge in [0, 0.05) is 11.1 Å². The second-order valence-corrected chi connectivity index (χ2v) is 5.67. The average Bonchev–Trinajstić information content (AvgIpc) is 2.35. The third kappa shape index (κ3) is 3.56. The van der Waals surface area contributed by atoms with E-state index in [-0.39, 0.29) is 11.1 Å². The number of hydrogen-bond donors (Lipinski definition) is 1. The number of ether oxygens (including phenoxy) is 2. The SMILES string of the molecule is CC(C)(C)NCC(F)(F)c1ccc2c(c1)OCCO2. The van der Waals surface area contributed by atoms with Crippen molar-refractivity contribution >= 4 is 0 Å². The number of benzene rings is 1. The van der Waals surface area contributed by atoms with Gasteiger partial charge in [-0.2, -0.15) is 8.78 Å². The lowest BCUT2D eigenvalue weighted by molar-refractivity contribution is -0.00902. The van der Waals surface area contributed by atoms with Gasteiger partial charge in [-0.05, 0) is 39.0 Å². The van der Waals surface area contributed by atoms with E-state index in [0.717, 1.165) is 0 Å². The number of fused-ring (bicyclic) bond motifs is 1. The van der Waals surface area contributed by atoms with Crippen LogP contribution in [0, 0.1) is 0 Å². The van der Waals surface area contributed by atoms with E-state index in [9.17, 15) is 8.78 Å². The zero-order chi connectivity index (χ0) is 14.1. The van der Waals surface area contributed by atoms with Crippen LogP contribution >= 0.6 is 0 Å². The summed E-state index contributed by atoms with van der Waals surface area (Å²) in [6, 6.07) is 4.28. The Labute approximate surface area is 111 Å². The quantitative estimate of drug-likeness (QED) is 0.917. The highest BCUT2D eigenvalue weighted by Gasteiger charge is 2.33. The molecule has 1 aromatic rings. The maximum Gasteiger partial charge on any atom is 0.285 e.